The van der Waals surface area contributed by atoms with Crippen LogP contribution in [0.4, 0.5) is 0 Å². The summed E-state index contributed by atoms with van der Waals surface area (Å²) in [6.07, 6.45) is 3.69. The molecular formula is C11H10ClN. The Labute approximate surface area is 83.3 Å². The first kappa shape index (κ1) is 9.83. The monoisotopic (exact) mass is 191 g/mol. The van der Waals surface area contributed by atoms with Gasteiger partial charge in [0.1, 0.15) is 0 Å². The molecule has 0 amide bonds. The van der Waals surface area contributed by atoms with Gasteiger partial charge in [0.05, 0.1) is 11.6 Å². The lowest BCUT2D eigenvalue weighted by Gasteiger charge is -1.98. The molecule has 1 aromatic carbocycles. The Bertz CT molecular complexity index is 361. The molecule has 1 aromatic rings. The van der Waals surface area contributed by atoms with Crippen molar-refractivity contribution in [1.29, 1.82) is 5.26 Å². The molecule has 0 spiro atoms. The van der Waals surface area contributed by atoms with E-state index < -0.39 is 0 Å². The van der Waals surface area contributed by atoms with E-state index in [1.165, 1.54) is 0 Å². The molecule has 0 aliphatic carbocycles. The van der Waals surface area contributed by atoms with Gasteiger partial charge in [-0.2, -0.15) is 5.26 Å². The van der Waals surface area contributed by atoms with Gasteiger partial charge in [-0.05, 0) is 24.1 Å². The van der Waals surface area contributed by atoms with Crippen LogP contribution in [0.25, 0.3) is 6.08 Å². The summed E-state index contributed by atoms with van der Waals surface area (Å²) in [5.74, 6) is 0.471. The molecular weight excluding hydrogens is 182 g/mol. The zero-order chi connectivity index (χ0) is 9.68. The second kappa shape index (κ2) is 4.69. The molecule has 66 valence electrons. The van der Waals surface area contributed by atoms with E-state index in [0.29, 0.717) is 11.4 Å². The SMILES string of the molecule is Cc1ccc(C=CCCl)c(C#N)c1. The maximum absolute atomic E-state index is 8.83. The van der Waals surface area contributed by atoms with Gasteiger partial charge in [0.15, 0.2) is 0 Å². The van der Waals surface area contributed by atoms with Crippen LogP contribution in [0, 0.1) is 18.3 Å². The second-order valence-corrected chi connectivity index (χ2v) is 3.07. The van der Waals surface area contributed by atoms with E-state index >= 15 is 0 Å². The van der Waals surface area contributed by atoms with E-state index in [0.717, 1.165) is 11.1 Å². The van der Waals surface area contributed by atoms with Crippen molar-refractivity contribution in [2.24, 2.45) is 0 Å². The highest BCUT2D eigenvalue weighted by atomic mass is 35.5. The highest BCUT2D eigenvalue weighted by Crippen LogP contribution is 2.12. The number of allylic oxidation sites excluding steroid dienone is 1. The summed E-state index contributed by atoms with van der Waals surface area (Å²) in [5.41, 5.74) is 2.72. The zero-order valence-electron chi connectivity index (χ0n) is 7.42. The van der Waals surface area contributed by atoms with Crippen LogP contribution in [0.15, 0.2) is 24.3 Å². The Morgan fingerprint density at radius 1 is 1.54 bits per heavy atom. The van der Waals surface area contributed by atoms with Crippen molar-refractivity contribution in [3.8, 4) is 6.07 Å². The minimum Gasteiger partial charge on any atom is -0.192 e. The second-order valence-electron chi connectivity index (χ2n) is 2.76. The van der Waals surface area contributed by atoms with Gasteiger partial charge in [0.25, 0.3) is 0 Å². The van der Waals surface area contributed by atoms with Gasteiger partial charge in [-0.3, -0.25) is 0 Å². The van der Waals surface area contributed by atoms with Crippen LogP contribution in [0.3, 0.4) is 0 Å². The average Bonchev–Trinajstić information content (AvgIpc) is 2.16. The summed E-state index contributed by atoms with van der Waals surface area (Å²) in [5, 5.41) is 8.83. The summed E-state index contributed by atoms with van der Waals surface area (Å²) in [6, 6.07) is 7.93. The molecule has 1 nitrogen and oxygen atoms in total. The molecule has 0 saturated heterocycles. The molecule has 1 rings (SSSR count). The van der Waals surface area contributed by atoms with Crippen LogP contribution in [-0.2, 0) is 0 Å². The number of alkyl halides is 1. The number of hydrogen-bond acceptors (Lipinski definition) is 1. The van der Waals surface area contributed by atoms with Crippen molar-refractivity contribution < 1.29 is 0 Å². The maximum atomic E-state index is 8.83. The van der Waals surface area contributed by atoms with Crippen LogP contribution in [0.2, 0.25) is 0 Å². The van der Waals surface area contributed by atoms with Gasteiger partial charge >= 0.3 is 0 Å². The molecule has 2 heteroatoms. The maximum Gasteiger partial charge on any atom is 0.0998 e. The molecule has 0 atom stereocenters. The predicted molar refractivity (Wildman–Crippen MR) is 55.6 cm³/mol. The Morgan fingerprint density at radius 3 is 2.92 bits per heavy atom. The standard InChI is InChI=1S/C11H10ClN/c1-9-4-5-10(3-2-6-12)11(7-9)8-13/h2-5,7H,6H2,1H3. The number of rotatable bonds is 2. The van der Waals surface area contributed by atoms with Crippen molar-refractivity contribution in [2.45, 2.75) is 6.92 Å². The number of benzene rings is 1. The molecule has 0 fully saturated rings. The topological polar surface area (TPSA) is 23.8 Å². The summed E-state index contributed by atoms with van der Waals surface area (Å²) in [4.78, 5) is 0. The van der Waals surface area contributed by atoms with Gasteiger partial charge in [0.2, 0.25) is 0 Å². The molecule has 0 bridgehead atoms. The number of hydrogen-bond donors (Lipinski definition) is 0. The van der Waals surface area contributed by atoms with Crippen molar-refractivity contribution >= 4 is 17.7 Å². The summed E-state index contributed by atoms with van der Waals surface area (Å²) < 4.78 is 0. The first-order valence-electron chi connectivity index (χ1n) is 4.01. The minimum atomic E-state index is 0.471. The van der Waals surface area contributed by atoms with Gasteiger partial charge in [-0.25, -0.2) is 0 Å². The first-order valence-corrected chi connectivity index (χ1v) is 4.54. The smallest absolute Gasteiger partial charge is 0.0998 e. The fourth-order valence-electron chi connectivity index (χ4n) is 1.08. The number of aryl methyl sites for hydroxylation is 1. The highest BCUT2D eigenvalue weighted by molar-refractivity contribution is 6.19. The number of halogens is 1. The van der Waals surface area contributed by atoms with E-state index in [1.807, 2.05) is 37.3 Å². The van der Waals surface area contributed by atoms with E-state index in [4.69, 9.17) is 16.9 Å². The summed E-state index contributed by atoms with van der Waals surface area (Å²) in [7, 11) is 0. The lowest BCUT2D eigenvalue weighted by atomic mass is 10.1. The highest BCUT2D eigenvalue weighted by Gasteiger charge is 1.97. The quantitative estimate of drug-likeness (QED) is 0.659. The summed E-state index contributed by atoms with van der Waals surface area (Å²) in [6.45, 7) is 1.97. The van der Waals surface area contributed by atoms with Crippen LogP contribution < -0.4 is 0 Å². The zero-order valence-corrected chi connectivity index (χ0v) is 8.17. The van der Waals surface area contributed by atoms with E-state index in [9.17, 15) is 0 Å². The van der Waals surface area contributed by atoms with Gasteiger partial charge < -0.3 is 0 Å². The van der Waals surface area contributed by atoms with Crippen molar-refractivity contribution in [1.82, 2.24) is 0 Å². The normalized spacial score (nSPS) is 10.2. The average molecular weight is 192 g/mol. The van der Waals surface area contributed by atoms with E-state index in [1.54, 1.807) is 0 Å². The third-order valence-electron chi connectivity index (χ3n) is 1.72. The Balaban J connectivity index is 3.08. The van der Waals surface area contributed by atoms with Gasteiger partial charge in [-0.15, -0.1) is 11.6 Å². The Kier molecular flexibility index (Phi) is 3.54. The van der Waals surface area contributed by atoms with E-state index in [-0.39, 0.29) is 0 Å². The number of nitrogens with zero attached hydrogens (tertiary/aromatic N) is 1. The molecule has 0 unspecified atom stereocenters. The minimum absolute atomic E-state index is 0.471. The van der Waals surface area contributed by atoms with E-state index in [2.05, 4.69) is 6.07 Å². The fraction of sp³-hybridized carbons (Fsp3) is 0.182. The first-order chi connectivity index (χ1) is 6.27. The van der Waals surface area contributed by atoms with Crippen molar-refractivity contribution in [3.63, 3.8) is 0 Å². The molecule has 0 aliphatic heterocycles. The molecule has 13 heavy (non-hydrogen) atoms. The molecule has 0 heterocycles. The lowest BCUT2D eigenvalue weighted by Crippen LogP contribution is -1.83. The third kappa shape index (κ3) is 2.61. The van der Waals surface area contributed by atoms with Crippen LogP contribution in [0.5, 0.6) is 0 Å². The lowest BCUT2D eigenvalue weighted by molar-refractivity contribution is 1.41. The molecule has 0 aromatic heterocycles. The predicted octanol–water partition coefficient (Wildman–Crippen LogP) is 3.12. The molecule has 0 N–H and O–H groups in total. The number of nitriles is 1. The van der Waals surface area contributed by atoms with Crippen LogP contribution in [0.1, 0.15) is 16.7 Å². The van der Waals surface area contributed by atoms with Crippen LogP contribution >= 0.6 is 11.6 Å². The summed E-state index contributed by atoms with van der Waals surface area (Å²) >= 11 is 5.51. The largest absolute Gasteiger partial charge is 0.192 e. The van der Waals surface area contributed by atoms with Gasteiger partial charge in [-0.1, -0.05) is 24.3 Å². The molecule has 0 saturated carbocycles. The van der Waals surface area contributed by atoms with Crippen molar-refractivity contribution in [3.05, 3.63) is 41.0 Å². The molecule has 0 aliphatic rings. The Hall–Kier alpha value is -1.26. The fourth-order valence-corrected chi connectivity index (χ4v) is 1.17. The third-order valence-corrected chi connectivity index (χ3v) is 1.89. The van der Waals surface area contributed by atoms with Crippen molar-refractivity contribution in [2.75, 3.05) is 5.88 Å². The molecule has 0 radical (unpaired) electrons. The van der Waals surface area contributed by atoms with Crippen LogP contribution in [-0.4, -0.2) is 5.88 Å². The van der Waals surface area contributed by atoms with Gasteiger partial charge in [0, 0.05) is 5.88 Å². The Morgan fingerprint density at radius 2 is 2.31 bits per heavy atom.